The summed E-state index contributed by atoms with van der Waals surface area (Å²) in [5.41, 5.74) is 1.71. The lowest BCUT2D eigenvalue weighted by molar-refractivity contribution is -0.129. The highest BCUT2D eigenvalue weighted by Gasteiger charge is 2.26. The van der Waals surface area contributed by atoms with Crippen LogP contribution in [0.25, 0.3) is 22.6 Å². The van der Waals surface area contributed by atoms with Crippen LogP contribution in [0.5, 0.6) is 5.88 Å². The van der Waals surface area contributed by atoms with Crippen LogP contribution in [-0.2, 0) is 11.8 Å². The van der Waals surface area contributed by atoms with Gasteiger partial charge in [-0.05, 0) is 12.5 Å². The fourth-order valence-electron chi connectivity index (χ4n) is 3.58. The van der Waals surface area contributed by atoms with E-state index in [1.807, 2.05) is 11.8 Å². The van der Waals surface area contributed by atoms with Crippen molar-refractivity contribution in [1.82, 2.24) is 29.4 Å². The molecule has 4 rings (SSSR count). The number of hydrogen-bond donors (Lipinski definition) is 1. The molecule has 1 saturated heterocycles. The van der Waals surface area contributed by atoms with Crippen molar-refractivity contribution in [2.45, 2.75) is 25.8 Å². The molecule has 0 radical (unpaired) electrons. The molecule has 3 aromatic heterocycles. The predicted molar refractivity (Wildman–Crippen MR) is 105 cm³/mol. The Bertz CT molecular complexity index is 1070. The summed E-state index contributed by atoms with van der Waals surface area (Å²) in [5.74, 6) is 0.632. The van der Waals surface area contributed by atoms with Gasteiger partial charge in [-0.2, -0.15) is 0 Å². The molecule has 1 aliphatic heterocycles. The first kappa shape index (κ1) is 19.0. The quantitative estimate of drug-likeness (QED) is 0.701. The van der Waals surface area contributed by atoms with Crippen LogP contribution in [0.15, 0.2) is 18.6 Å². The van der Waals surface area contributed by atoms with E-state index in [2.05, 4.69) is 25.3 Å². The molecule has 0 aromatic carbocycles. The monoisotopic (exact) mass is 399 g/mol. The molecule has 1 atom stereocenters. The minimum absolute atomic E-state index is 0.0675. The van der Waals surface area contributed by atoms with Gasteiger partial charge in [0.15, 0.2) is 22.8 Å². The Morgan fingerprint density at radius 1 is 1.38 bits per heavy atom. The first-order chi connectivity index (χ1) is 14.0. The van der Waals surface area contributed by atoms with Crippen molar-refractivity contribution in [1.29, 1.82) is 0 Å². The van der Waals surface area contributed by atoms with Crippen molar-refractivity contribution >= 4 is 22.9 Å². The second kappa shape index (κ2) is 7.61. The summed E-state index contributed by atoms with van der Waals surface area (Å²) in [6, 6.07) is 1.42. The van der Waals surface area contributed by atoms with Gasteiger partial charge in [0.05, 0.1) is 7.11 Å². The van der Waals surface area contributed by atoms with E-state index in [1.165, 1.54) is 25.7 Å². The van der Waals surface area contributed by atoms with E-state index in [0.717, 1.165) is 13.0 Å². The van der Waals surface area contributed by atoms with Crippen LogP contribution >= 0.6 is 0 Å². The number of halogens is 1. The van der Waals surface area contributed by atoms with Gasteiger partial charge in [-0.3, -0.25) is 4.79 Å². The number of nitrogens with one attached hydrogen (secondary N) is 1. The second-order valence-corrected chi connectivity index (χ2v) is 6.93. The number of nitrogens with zero attached hydrogens (tertiary/aromatic N) is 6. The van der Waals surface area contributed by atoms with Gasteiger partial charge >= 0.3 is 0 Å². The SMILES string of the molecule is CCC(=O)N1CC[C@H](Nc2ncnc3c2nc(-c2cnc(OC)c(F)c2)n3C)C1. The number of carbonyl (C=O) groups is 1. The van der Waals surface area contributed by atoms with Crippen molar-refractivity contribution < 1.29 is 13.9 Å². The van der Waals surface area contributed by atoms with Gasteiger partial charge < -0.3 is 19.5 Å². The molecular formula is C19H22FN7O2. The van der Waals surface area contributed by atoms with Gasteiger partial charge in [-0.15, -0.1) is 0 Å². The summed E-state index contributed by atoms with van der Waals surface area (Å²) in [4.78, 5) is 31.1. The fourth-order valence-corrected chi connectivity index (χ4v) is 3.58. The minimum atomic E-state index is -0.562. The highest BCUT2D eigenvalue weighted by atomic mass is 19.1. The molecule has 0 spiro atoms. The average Bonchev–Trinajstić information content (AvgIpc) is 3.33. The van der Waals surface area contributed by atoms with Crippen LogP contribution in [0.4, 0.5) is 10.2 Å². The van der Waals surface area contributed by atoms with Crippen molar-refractivity contribution in [3.05, 3.63) is 24.4 Å². The van der Waals surface area contributed by atoms with E-state index in [1.54, 1.807) is 11.6 Å². The minimum Gasteiger partial charge on any atom is -0.479 e. The van der Waals surface area contributed by atoms with Gasteiger partial charge in [0, 0.05) is 44.4 Å². The van der Waals surface area contributed by atoms with Crippen LogP contribution < -0.4 is 10.1 Å². The van der Waals surface area contributed by atoms with E-state index < -0.39 is 5.82 Å². The normalized spacial score (nSPS) is 16.4. The third-order valence-corrected chi connectivity index (χ3v) is 5.10. The molecule has 1 N–H and O–H groups in total. The number of likely N-dealkylation sites (tertiary alicyclic amines) is 1. The van der Waals surface area contributed by atoms with Crippen LogP contribution in [0.3, 0.4) is 0 Å². The third kappa shape index (κ3) is 3.45. The molecule has 0 unspecified atom stereocenters. The highest BCUT2D eigenvalue weighted by Crippen LogP contribution is 2.28. The number of ether oxygens (including phenoxy) is 1. The first-order valence-electron chi connectivity index (χ1n) is 9.43. The lowest BCUT2D eigenvalue weighted by atomic mass is 10.2. The number of aromatic nitrogens is 5. The smallest absolute Gasteiger partial charge is 0.250 e. The Morgan fingerprint density at radius 3 is 2.93 bits per heavy atom. The van der Waals surface area contributed by atoms with Gasteiger partial charge in [-0.1, -0.05) is 6.92 Å². The van der Waals surface area contributed by atoms with Crippen LogP contribution in [0.2, 0.25) is 0 Å². The molecule has 1 aliphatic rings. The van der Waals surface area contributed by atoms with Crippen molar-refractivity contribution in [3.8, 4) is 17.3 Å². The van der Waals surface area contributed by atoms with E-state index in [4.69, 9.17) is 4.74 Å². The highest BCUT2D eigenvalue weighted by molar-refractivity contribution is 5.86. The van der Waals surface area contributed by atoms with E-state index in [9.17, 15) is 9.18 Å². The molecule has 152 valence electrons. The molecule has 10 heteroatoms. The van der Waals surface area contributed by atoms with Crippen molar-refractivity contribution in [2.24, 2.45) is 7.05 Å². The van der Waals surface area contributed by atoms with Crippen LogP contribution in [0, 0.1) is 5.82 Å². The van der Waals surface area contributed by atoms with Crippen LogP contribution in [0.1, 0.15) is 19.8 Å². The number of pyridine rings is 1. The van der Waals surface area contributed by atoms with Gasteiger partial charge in [0.2, 0.25) is 11.8 Å². The third-order valence-electron chi connectivity index (χ3n) is 5.10. The van der Waals surface area contributed by atoms with Crippen molar-refractivity contribution in [2.75, 3.05) is 25.5 Å². The van der Waals surface area contributed by atoms with Crippen molar-refractivity contribution in [3.63, 3.8) is 0 Å². The van der Waals surface area contributed by atoms with E-state index in [0.29, 0.717) is 41.3 Å². The van der Waals surface area contributed by atoms with Gasteiger partial charge in [0.1, 0.15) is 12.2 Å². The number of fused-ring (bicyclic) bond motifs is 1. The maximum Gasteiger partial charge on any atom is 0.250 e. The summed E-state index contributed by atoms with van der Waals surface area (Å²) in [5, 5.41) is 3.38. The summed E-state index contributed by atoms with van der Waals surface area (Å²) >= 11 is 0. The summed E-state index contributed by atoms with van der Waals surface area (Å²) in [7, 11) is 3.17. The summed E-state index contributed by atoms with van der Waals surface area (Å²) < 4.78 is 20.8. The van der Waals surface area contributed by atoms with Gasteiger partial charge in [0.25, 0.3) is 0 Å². The molecule has 1 amide bonds. The number of carbonyl (C=O) groups excluding carboxylic acids is 1. The number of rotatable bonds is 5. The number of aryl methyl sites for hydroxylation is 1. The largest absolute Gasteiger partial charge is 0.479 e. The topological polar surface area (TPSA) is 98.1 Å². The Hall–Kier alpha value is -3.30. The number of anilines is 1. The molecule has 0 aliphatic carbocycles. The lowest BCUT2D eigenvalue weighted by Crippen LogP contribution is -2.31. The molecule has 1 fully saturated rings. The predicted octanol–water partition coefficient (Wildman–Crippen LogP) is 2.00. The van der Waals surface area contributed by atoms with E-state index >= 15 is 0 Å². The molecular weight excluding hydrogens is 377 g/mol. The second-order valence-electron chi connectivity index (χ2n) is 6.93. The molecule has 4 heterocycles. The molecule has 9 nitrogen and oxygen atoms in total. The molecule has 29 heavy (non-hydrogen) atoms. The Morgan fingerprint density at radius 2 is 2.21 bits per heavy atom. The van der Waals surface area contributed by atoms with Crippen LogP contribution in [-0.4, -0.2) is 61.6 Å². The Balaban J connectivity index is 1.65. The maximum atomic E-state index is 14.1. The molecule has 0 bridgehead atoms. The summed E-state index contributed by atoms with van der Waals surface area (Å²) in [6.07, 6.45) is 4.31. The Labute approximate surface area is 166 Å². The standard InChI is InChI=1S/C19H22FN7O2/c1-4-14(28)27-6-5-12(9-27)24-16-15-18(23-10-22-16)26(2)17(25-15)11-7-13(20)19(29-3)21-8-11/h7-8,10,12H,4-6,9H2,1-3H3,(H,22,23,24)/t12-/m0/s1. The fraction of sp³-hybridized carbons (Fsp3) is 0.421. The zero-order valence-corrected chi connectivity index (χ0v) is 16.5. The van der Waals surface area contributed by atoms with E-state index in [-0.39, 0.29) is 17.8 Å². The Kier molecular flexibility index (Phi) is 4.99. The first-order valence-corrected chi connectivity index (χ1v) is 9.43. The zero-order valence-electron chi connectivity index (χ0n) is 16.5. The lowest BCUT2D eigenvalue weighted by Gasteiger charge is -2.16. The average molecular weight is 399 g/mol. The number of amides is 1. The molecule has 3 aromatic rings. The summed E-state index contributed by atoms with van der Waals surface area (Å²) in [6.45, 7) is 3.22. The maximum absolute atomic E-state index is 14.1. The number of methoxy groups -OCH3 is 1. The van der Waals surface area contributed by atoms with Gasteiger partial charge in [-0.25, -0.2) is 24.3 Å². The number of imidazole rings is 1. The molecule has 0 saturated carbocycles. The zero-order chi connectivity index (χ0) is 20.5. The number of hydrogen-bond acceptors (Lipinski definition) is 7.